The van der Waals surface area contributed by atoms with E-state index in [1.54, 1.807) is 30.3 Å². The van der Waals surface area contributed by atoms with Crippen LogP contribution in [0.4, 0.5) is 0 Å². The number of ether oxygens (including phenoxy) is 1. The fourth-order valence-electron chi connectivity index (χ4n) is 2.42. The molecule has 1 rings (SSSR count). The third kappa shape index (κ3) is 6.73. The van der Waals surface area contributed by atoms with E-state index >= 15 is 0 Å². The van der Waals surface area contributed by atoms with Gasteiger partial charge >= 0.3 is 5.97 Å². The lowest BCUT2D eigenvalue weighted by Crippen LogP contribution is -2.30. The molecule has 2 atom stereocenters. The van der Waals surface area contributed by atoms with E-state index in [-0.39, 0.29) is 6.61 Å². The van der Waals surface area contributed by atoms with Crippen molar-refractivity contribution < 1.29 is 19.2 Å². The molecule has 0 amide bonds. The molecule has 0 aliphatic carbocycles. The van der Waals surface area contributed by atoms with Crippen molar-refractivity contribution >= 4 is 12.3 Å². The Morgan fingerprint density at radius 3 is 2.54 bits per heavy atom. The summed E-state index contributed by atoms with van der Waals surface area (Å²) in [6.45, 7) is 3.78. The minimum Gasteiger partial charge on any atom is -0.462 e. The van der Waals surface area contributed by atoms with Crippen LogP contribution in [0.15, 0.2) is 43.0 Å². The average Bonchev–Trinajstić information content (AvgIpc) is 2.60. The lowest BCUT2D eigenvalue weighted by molar-refractivity contribution is -0.530. The van der Waals surface area contributed by atoms with Gasteiger partial charge < -0.3 is 9.53 Å². The van der Waals surface area contributed by atoms with Gasteiger partial charge in [0, 0.05) is 11.3 Å². The van der Waals surface area contributed by atoms with Crippen molar-refractivity contribution in [3.05, 3.63) is 58.7 Å². The van der Waals surface area contributed by atoms with E-state index in [0.29, 0.717) is 44.0 Å². The molecule has 0 saturated carbocycles. The summed E-state index contributed by atoms with van der Waals surface area (Å²) < 4.78 is 5.14. The van der Waals surface area contributed by atoms with Crippen molar-refractivity contribution in [2.45, 2.75) is 38.1 Å². The summed E-state index contributed by atoms with van der Waals surface area (Å²) in [5.74, 6) is -1.01. The maximum Gasteiger partial charge on any atom is 0.338 e. The van der Waals surface area contributed by atoms with Gasteiger partial charge in [-0.3, -0.25) is 10.1 Å². The minimum absolute atomic E-state index is 0.231. The zero-order valence-corrected chi connectivity index (χ0v) is 13.6. The first-order chi connectivity index (χ1) is 11.6. The molecule has 0 N–H and O–H groups in total. The average molecular weight is 333 g/mol. The van der Waals surface area contributed by atoms with Gasteiger partial charge in [-0.05, 0) is 37.8 Å². The number of allylic oxidation sites excluding steroid dienone is 1. The predicted octanol–water partition coefficient (Wildman–Crippen LogP) is 3.44. The lowest BCUT2D eigenvalue weighted by atomic mass is 9.92. The number of nitrogens with zero attached hydrogens (tertiary/aromatic N) is 1. The standard InChI is InChI=1S/C18H23NO5/c1-2-3-12-17(19(22)23)16(14-20)11-7-8-13-24-18(21)15-9-5-4-6-10-15/h2,4-6,9-10,14,16-17H,1,3,7-8,11-13H2/t16-,17-/m0/s1. The van der Waals surface area contributed by atoms with Crippen molar-refractivity contribution in [3.63, 3.8) is 0 Å². The van der Waals surface area contributed by atoms with E-state index in [0.717, 1.165) is 0 Å². The van der Waals surface area contributed by atoms with Crippen LogP contribution in [0.25, 0.3) is 0 Å². The van der Waals surface area contributed by atoms with Gasteiger partial charge in [-0.1, -0.05) is 24.3 Å². The number of rotatable bonds is 12. The number of carbonyl (C=O) groups is 2. The number of unbranched alkanes of at least 4 members (excludes halogenated alkanes) is 1. The monoisotopic (exact) mass is 333 g/mol. The third-order valence-electron chi connectivity index (χ3n) is 3.78. The van der Waals surface area contributed by atoms with Crippen molar-refractivity contribution in [1.82, 2.24) is 0 Å². The molecule has 0 heterocycles. The summed E-state index contributed by atoms with van der Waals surface area (Å²) in [5, 5.41) is 11.1. The zero-order valence-electron chi connectivity index (χ0n) is 13.6. The molecule has 0 aliphatic heterocycles. The number of carbonyl (C=O) groups excluding carboxylic acids is 2. The highest BCUT2D eigenvalue weighted by atomic mass is 16.6. The Morgan fingerprint density at radius 1 is 1.25 bits per heavy atom. The van der Waals surface area contributed by atoms with Crippen LogP contribution in [0.2, 0.25) is 0 Å². The van der Waals surface area contributed by atoms with Crippen LogP contribution >= 0.6 is 0 Å². The highest BCUT2D eigenvalue weighted by molar-refractivity contribution is 5.89. The van der Waals surface area contributed by atoms with E-state index < -0.39 is 22.9 Å². The fraction of sp³-hybridized carbons (Fsp3) is 0.444. The predicted molar refractivity (Wildman–Crippen MR) is 90.3 cm³/mol. The van der Waals surface area contributed by atoms with E-state index in [9.17, 15) is 19.7 Å². The molecular formula is C18H23NO5. The smallest absolute Gasteiger partial charge is 0.338 e. The van der Waals surface area contributed by atoms with Crippen LogP contribution < -0.4 is 0 Å². The molecule has 0 aromatic heterocycles. The number of nitro groups is 1. The fourth-order valence-corrected chi connectivity index (χ4v) is 2.42. The number of hydrogen-bond acceptors (Lipinski definition) is 5. The van der Waals surface area contributed by atoms with Gasteiger partial charge in [0.15, 0.2) is 0 Å². The summed E-state index contributed by atoms with van der Waals surface area (Å²) in [5.41, 5.74) is 0.487. The first-order valence-corrected chi connectivity index (χ1v) is 8.02. The molecule has 0 unspecified atom stereocenters. The number of hydrogen-bond donors (Lipinski definition) is 0. The number of aldehydes is 1. The Hall–Kier alpha value is -2.50. The Balaban J connectivity index is 2.33. The van der Waals surface area contributed by atoms with Crippen LogP contribution in [0.3, 0.4) is 0 Å². The summed E-state index contributed by atoms with van der Waals surface area (Å²) >= 11 is 0. The van der Waals surface area contributed by atoms with Gasteiger partial charge in [0.2, 0.25) is 6.04 Å². The summed E-state index contributed by atoms with van der Waals surface area (Å²) in [4.78, 5) is 33.6. The largest absolute Gasteiger partial charge is 0.462 e. The highest BCUT2D eigenvalue weighted by Gasteiger charge is 2.29. The molecule has 1 aromatic rings. The van der Waals surface area contributed by atoms with Gasteiger partial charge in [0.05, 0.1) is 18.1 Å². The molecule has 0 radical (unpaired) electrons. The first kappa shape index (κ1) is 19.5. The number of esters is 1. The van der Waals surface area contributed by atoms with E-state index in [1.165, 1.54) is 0 Å². The van der Waals surface area contributed by atoms with Crippen LogP contribution in [0.1, 0.15) is 42.5 Å². The molecule has 0 fully saturated rings. The summed E-state index contributed by atoms with van der Waals surface area (Å²) in [7, 11) is 0. The summed E-state index contributed by atoms with van der Waals surface area (Å²) in [6.07, 6.45) is 4.65. The van der Waals surface area contributed by atoms with Crippen molar-refractivity contribution in [2.24, 2.45) is 5.92 Å². The van der Waals surface area contributed by atoms with Crippen molar-refractivity contribution in [1.29, 1.82) is 0 Å². The summed E-state index contributed by atoms with van der Waals surface area (Å²) in [6, 6.07) is 7.79. The molecule has 0 saturated heterocycles. The van der Waals surface area contributed by atoms with Crippen LogP contribution in [0, 0.1) is 16.0 Å². The maximum absolute atomic E-state index is 11.7. The van der Waals surface area contributed by atoms with Crippen LogP contribution in [-0.4, -0.2) is 29.8 Å². The zero-order chi connectivity index (χ0) is 17.8. The molecular weight excluding hydrogens is 310 g/mol. The molecule has 0 aliphatic rings. The van der Waals surface area contributed by atoms with Crippen LogP contribution in [0.5, 0.6) is 0 Å². The van der Waals surface area contributed by atoms with E-state index in [2.05, 4.69) is 6.58 Å². The van der Waals surface area contributed by atoms with Gasteiger partial charge in [-0.15, -0.1) is 6.58 Å². The maximum atomic E-state index is 11.7. The Kier molecular flexibility index (Phi) is 9.04. The molecule has 24 heavy (non-hydrogen) atoms. The van der Waals surface area contributed by atoms with E-state index in [4.69, 9.17) is 4.74 Å². The van der Waals surface area contributed by atoms with E-state index in [1.807, 2.05) is 6.07 Å². The number of benzene rings is 1. The second-order valence-electron chi connectivity index (χ2n) is 5.52. The SMILES string of the molecule is C=CCC[C@@H]([C@H](C=O)CCCCOC(=O)c1ccccc1)[N+](=O)[O-]. The molecule has 0 bridgehead atoms. The van der Waals surface area contributed by atoms with Gasteiger partial charge in [-0.25, -0.2) is 4.79 Å². The van der Waals surface area contributed by atoms with Crippen molar-refractivity contribution in [3.8, 4) is 0 Å². The molecule has 6 heteroatoms. The Labute approximate surface area is 141 Å². The molecule has 6 nitrogen and oxygen atoms in total. The minimum atomic E-state index is -0.882. The highest BCUT2D eigenvalue weighted by Crippen LogP contribution is 2.18. The van der Waals surface area contributed by atoms with Gasteiger partial charge in [0.1, 0.15) is 6.29 Å². The second-order valence-corrected chi connectivity index (χ2v) is 5.52. The molecule has 0 spiro atoms. The topological polar surface area (TPSA) is 86.5 Å². The molecule has 130 valence electrons. The van der Waals surface area contributed by atoms with Gasteiger partial charge in [0.25, 0.3) is 0 Å². The second kappa shape index (κ2) is 11.1. The molecule has 1 aromatic carbocycles. The normalized spacial score (nSPS) is 12.8. The Bertz CT molecular complexity index is 544. The third-order valence-corrected chi connectivity index (χ3v) is 3.78. The lowest BCUT2D eigenvalue weighted by Gasteiger charge is -2.15. The van der Waals surface area contributed by atoms with Crippen molar-refractivity contribution in [2.75, 3.05) is 6.61 Å². The van der Waals surface area contributed by atoms with Gasteiger partial charge in [-0.2, -0.15) is 0 Å². The Morgan fingerprint density at radius 2 is 1.96 bits per heavy atom. The first-order valence-electron chi connectivity index (χ1n) is 8.02. The van der Waals surface area contributed by atoms with Crippen LogP contribution in [-0.2, 0) is 9.53 Å². The quantitative estimate of drug-likeness (QED) is 0.146.